The molecule has 2 atom stereocenters. The number of hydrogen-bond acceptors (Lipinski definition) is 4. The second-order valence-corrected chi connectivity index (χ2v) is 6.41. The standard InChI is InChI=1S/C16H22N4O3/c1-9-6-12(13-14(18-9)20(2)19-16(13)23)15(22)17-8-10-4-3-5-11(21)7-10/h6,10-11,21H,3-5,7-8H2,1-2H3,(H,17,22)(H,19,23). The average Bonchev–Trinajstić information content (AvgIpc) is 2.79. The molecule has 0 saturated heterocycles. The first-order valence-corrected chi connectivity index (χ1v) is 7.98. The van der Waals surface area contributed by atoms with Gasteiger partial charge in [0.15, 0.2) is 5.65 Å². The number of aliphatic hydroxyl groups is 1. The van der Waals surface area contributed by atoms with Crippen molar-refractivity contribution in [3.05, 3.63) is 27.7 Å². The lowest BCUT2D eigenvalue weighted by atomic mass is 9.87. The molecule has 3 rings (SSSR count). The maximum atomic E-state index is 12.5. The molecule has 0 bridgehead atoms. The van der Waals surface area contributed by atoms with Gasteiger partial charge in [-0.1, -0.05) is 6.42 Å². The molecule has 1 saturated carbocycles. The molecule has 23 heavy (non-hydrogen) atoms. The number of carbonyl (C=O) groups excluding carboxylic acids is 1. The lowest BCUT2D eigenvalue weighted by Gasteiger charge is -2.25. The minimum atomic E-state index is -0.312. The summed E-state index contributed by atoms with van der Waals surface area (Å²) in [7, 11) is 1.70. The fourth-order valence-corrected chi connectivity index (χ4v) is 3.34. The molecule has 0 aromatic carbocycles. The summed E-state index contributed by atoms with van der Waals surface area (Å²) in [5.41, 5.74) is 1.21. The van der Waals surface area contributed by atoms with Crippen molar-refractivity contribution in [2.24, 2.45) is 13.0 Å². The van der Waals surface area contributed by atoms with Crippen LogP contribution in [-0.2, 0) is 7.05 Å². The van der Waals surface area contributed by atoms with Crippen molar-refractivity contribution in [3.63, 3.8) is 0 Å². The van der Waals surface area contributed by atoms with Gasteiger partial charge in [-0.3, -0.25) is 19.4 Å². The van der Waals surface area contributed by atoms with Crippen LogP contribution in [0.15, 0.2) is 10.9 Å². The quantitative estimate of drug-likeness (QED) is 0.781. The number of pyridine rings is 1. The Morgan fingerprint density at radius 2 is 2.30 bits per heavy atom. The second kappa shape index (κ2) is 6.16. The van der Waals surface area contributed by atoms with Gasteiger partial charge in [0.25, 0.3) is 11.5 Å². The van der Waals surface area contributed by atoms with Crippen LogP contribution in [0.25, 0.3) is 11.0 Å². The fraction of sp³-hybridized carbons (Fsp3) is 0.562. The van der Waals surface area contributed by atoms with Gasteiger partial charge < -0.3 is 10.4 Å². The van der Waals surface area contributed by atoms with Crippen molar-refractivity contribution in [2.45, 2.75) is 38.7 Å². The Hall–Kier alpha value is -2.15. The Morgan fingerprint density at radius 3 is 3.04 bits per heavy atom. The largest absolute Gasteiger partial charge is 0.393 e. The van der Waals surface area contributed by atoms with E-state index in [1.807, 2.05) is 0 Å². The van der Waals surface area contributed by atoms with E-state index in [4.69, 9.17) is 0 Å². The molecule has 0 aliphatic heterocycles. The van der Waals surface area contributed by atoms with Gasteiger partial charge in [-0.2, -0.15) is 0 Å². The summed E-state index contributed by atoms with van der Waals surface area (Å²) in [5.74, 6) is 0.0208. The highest BCUT2D eigenvalue weighted by Crippen LogP contribution is 2.23. The molecular weight excluding hydrogens is 296 g/mol. The summed E-state index contributed by atoms with van der Waals surface area (Å²) in [6.45, 7) is 2.31. The van der Waals surface area contributed by atoms with Gasteiger partial charge >= 0.3 is 0 Å². The number of nitrogens with zero attached hydrogens (tertiary/aromatic N) is 2. The van der Waals surface area contributed by atoms with E-state index in [1.54, 1.807) is 20.0 Å². The van der Waals surface area contributed by atoms with Crippen molar-refractivity contribution < 1.29 is 9.90 Å². The third-order valence-corrected chi connectivity index (χ3v) is 4.49. The highest BCUT2D eigenvalue weighted by atomic mass is 16.3. The molecule has 1 aliphatic rings. The summed E-state index contributed by atoms with van der Waals surface area (Å²) in [4.78, 5) is 28.9. The Bertz CT molecular complexity index is 792. The molecule has 2 unspecified atom stereocenters. The molecule has 0 spiro atoms. The van der Waals surface area contributed by atoms with Gasteiger partial charge in [0.1, 0.15) is 0 Å². The van der Waals surface area contributed by atoms with Crippen molar-refractivity contribution in [3.8, 4) is 0 Å². The predicted molar refractivity (Wildman–Crippen MR) is 86.4 cm³/mol. The lowest BCUT2D eigenvalue weighted by molar-refractivity contribution is 0.0875. The second-order valence-electron chi connectivity index (χ2n) is 6.41. The van der Waals surface area contributed by atoms with Gasteiger partial charge in [-0.05, 0) is 38.2 Å². The maximum absolute atomic E-state index is 12.5. The number of hydrogen-bond donors (Lipinski definition) is 3. The van der Waals surface area contributed by atoms with Crippen molar-refractivity contribution in [1.29, 1.82) is 0 Å². The topological polar surface area (TPSA) is 100 Å². The van der Waals surface area contributed by atoms with Gasteiger partial charge in [0, 0.05) is 19.3 Å². The van der Waals surface area contributed by atoms with E-state index in [9.17, 15) is 14.7 Å². The van der Waals surface area contributed by atoms with E-state index in [-0.39, 0.29) is 23.5 Å². The molecule has 2 heterocycles. The van der Waals surface area contributed by atoms with Gasteiger partial charge in [-0.25, -0.2) is 4.98 Å². The van der Waals surface area contributed by atoms with Crippen LogP contribution in [0.3, 0.4) is 0 Å². The molecule has 0 radical (unpaired) electrons. The normalized spacial score (nSPS) is 21.5. The van der Waals surface area contributed by atoms with Crippen molar-refractivity contribution in [1.82, 2.24) is 20.1 Å². The number of fused-ring (bicyclic) bond motifs is 1. The molecule has 1 amide bonds. The number of nitrogens with one attached hydrogen (secondary N) is 2. The van der Waals surface area contributed by atoms with Crippen LogP contribution < -0.4 is 10.9 Å². The predicted octanol–water partition coefficient (Wildman–Crippen LogP) is 0.851. The maximum Gasteiger partial charge on any atom is 0.274 e. The van der Waals surface area contributed by atoms with Crippen LogP contribution in [0.2, 0.25) is 0 Å². The number of aromatic amines is 1. The van der Waals surface area contributed by atoms with E-state index in [1.165, 1.54) is 4.68 Å². The molecule has 1 aliphatic carbocycles. The number of H-pyrrole nitrogens is 1. The summed E-state index contributed by atoms with van der Waals surface area (Å²) < 4.78 is 1.53. The number of amides is 1. The zero-order chi connectivity index (χ0) is 16.6. The minimum absolute atomic E-state index is 0.266. The summed E-state index contributed by atoms with van der Waals surface area (Å²) in [6, 6.07) is 1.64. The Kier molecular flexibility index (Phi) is 4.21. The van der Waals surface area contributed by atoms with Gasteiger partial charge in [-0.15, -0.1) is 0 Å². The first-order chi connectivity index (χ1) is 11.0. The first kappa shape index (κ1) is 15.7. The van der Waals surface area contributed by atoms with Crippen LogP contribution in [0.4, 0.5) is 0 Å². The zero-order valence-electron chi connectivity index (χ0n) is 13.4. The molecule has 7 nitrogen and oxygen atoms in total. The molecule has 1 fully saturated rings. The van der Waals surface area contributed by atoms with Crippen LogP contribution in [-0.4, -0.2) is 38.4 Å². The van der Waals surface area contributed by atoms with Gasteiger partial charge in [0.2, 0.25) is 0 Å². The summed E-state index contributed by atoms with van der Waals surface area (Å²) in [5, 5.41) is 15.6. The van der Waals surface area contributed by atoms with Crippen molar-refractivity contribution >= 4 is 16.9 Å². The van der Waals surface area contributed by atoms with E-state index < -0.39 is 0 Å². The molecule has 2 aromatic rings. The van der Waals surface area contributed by atoms with E-state index in [2.05, 4.69) is 15.4 Å². The molecule has 124 valence electrons. The first-order valence-electron chi connectivity index (χ1n) is 7.98. The number of aryl methyl sites for hydroxylation is 2. The van der Waals surface area contributed by atoms with Gasteiger partial charge in [0.05, 0.1) is 17.1 Å². The van der Waals surface area contributed by atoms with Crippen LogP contribution in [0.1, 0.15) is 41.7 Å². The van der Waals surface area contributed by atoms with Crippen LogP contribution in [0.5, 0.6) is 0 Å². The summed E-state index contributed by atoms with van der Waals surface area (Å²) in [6.07, 6.45) is 3.29. The molecule has 3 N–H and O–H groups in total. The number of aliphatic hydroxyl groups excluding tert-OH is 1. The fourth-order valence-electron chi connectivity index (χ4n) is 3.34. The Balaban J connectivity index is 1.82. The van der Waals surface area contributed by atoms with E-state index in [0.29, 0.717) is 28.8 Å². The third-order valence-electron chi connectivity index (χ3n) is 4.49. The smallest absolute Gasteiger partial charge is 0.274 e. The zero-order valence-corrected chi connectivity index (χ0v) is 13.4. The number of carbonyl (C=O) groups is 1. The lowest BCUT2D eigenvalue weighted by Crippen LogP contribution is -2.33. The number of aromatic nitrogens is 3. The minimum Gasteiger partial charge on any atom is -0.393 e. The van der Waals surface area contributed by atoms with Crippen LogP contribution >= 0.6 is 0 Å². The third kappa shape index (κ3) is 3.14. The Labute approximate surface area is 133 Å². The average molecular weight is 318 g/mol. The highest BCUT2D eigenvalue weighted by Gasteiger charge is 2.22. The van der Waals surface area contributed by atoms with E-state index >= 15 is 0 Å². The number of rotatable bonds is 3. The highest BCUT2D eigenvalue weighted by molar-refractivity contribution is 6.05. The summed E-state index contributed by atoms with van der Waals surface area (Å²) >= 11 is 0. The molecular formula is C16H22N4O3. The monoisotopic (exact) mass is 318 g/mol. The Morgan fingerprint density at radius 1 is 1.52 bits per heavy atom. The van der Waals surface area contributed by atoms with Crippen LogP contribution in [0, 0.1) is 12.8 Å². The molecule has 2 aromatic heterocycles. The SMILES string of the molecule is Cc1cc(C(=O)NCC2CCCC(O)C2)c2c(=O)[nH]n(C)c2n1. The van der Waals surface area contributed by atoms with E-state index in [0.717, 1.165) is 25.7 Å². The van der Waals surface area contributed by atoms with Crippen molar-refractivity contribution in [2.75, 3.05) is 6.54 Å². The molecule has 7 heteroatoms.